The zero-order valence-corrected chi connectivity index (χ0v) is 52.6. The molecule has 2 N–H and O–H groups in total. The summed E-state index contributed by atoms with van der Waals surface area (Å²) in [5, 5.41) is 13.9. The van der Waals surface area contributed by atoms with Crippen molar-refractivity contribution < 1.29 is 32.9 Å². The van der Waals surface area contributed by atoms with Crippen LogP contribution in [0, 0.1) is 0 Å². The number of phosphoric acid groups is 1. The van der Waals surface area contributed by atoms with Crippen LogP contribution in [0.4, 0.5) is 0 Å². The number of hydrogen-bond donors (Lipinski definition) is 2. The predicted molar refractivity (Wildman–Crippen MR) is 347 cm³/mol. The molecule has 9 heteroatoms. The van der Waals surface area contributed by atoms with Crippen LogP contribution in [0.15, 0.2) is 158 Å². The molecule has 0 heterocycles. The second kappa shape index (κ2) is 59.7. The van der Waals surface area contributed by atoms with Gasteiger partial charge in [0.15, 0.2) is 0 Å². The number of carbonyl (C=O) groups excluding carboxylic acids is 1. The van der Waals surface area contributed by atoms with Gasteiger partial charge in [0.25, 0.3) is 7.82 Å². The lowest BCUT2D eigenvalue weighted by Crippen LogP contribution is -2.45. The highest BCUT2D eigenvalue weighted by atomic mass is 31.2. The largest absolute Gasteiger partial charge is 0.756 e. The summed E-state index contributed by atoms with van der Waals surface area (Å²) in [7, 11) is 1.21. The SMILES string of the molecule is CC/C=C\C/C=C\C/C=C\C/C=C\C/C=C\C/C=C\C/C=C\C/C=C\C/C=C\C/C=C\CCCCCCCCCCC(=O)NC(COP(=O)([O-])OCC[N+](C)(C)C)C(O)/C=C/CC/C=C/CC/C=C/CCCCCCCCCCC. The van der Waals surface area contributed by atoms with Gasteiger partial charge in [0.2, 0.25) is 5.91 Å². The molecule has 1 amide bonds. The summed E-state index contributed by atoms with van der Waals surface area (Å²) < 4.78 is 23.3. The average Bonchev–Trinajstić information content (AvgIpc) is 3.42. The molecule has 0 aromatic heterocycles. The number of aliphatic hydroxyl groups is 1. The van der Waals surface area contributed by atoms with Crippen LogP contribution in [0.3, 0.4) is 0 Å². The van der Waals surface area contributed by atoms with E-state index in [4.69, 9.17) is 9.05 Å². The van der Waals surface area contributed by atoms with Crippen LogP contribution in [0.5, 0.6) is 0 Å². The molecule has 0 aromatic carbocycles. The van der Waals surface area contributed by atoms with Crippen LogP contribution < -0.4 is 10.2 Å². The molecule has 0 bridgehead atoms. The van der Waals surface area contributed by atoms with Gasteiger partial charge in [-0.05, 0) is 122 Å². The van der Waals surface area contributed by atoms with Crippen LogP contribution in [-0.2, 0) is 18.4 Å². The molecule has 0 aliphatic heterocycles. The fourth-order valence-corrected chi connectivity index (χ4v) is 8.99. The summed E-state index contributed by atoms with van der Waals surface area (Å²) in [6, 6.07) is -0.927. The van der Waals surface area contributed by atoms with E-state index in [1.807, 2.05) is 27.2 Å². The van der Waals surface area contributed by atoms with Crippen molar-refractivity contribution in [3.8, 4) is 0 Å². The van der Waals surface area contributed by atoms with E-state index in [0.717, 1.165) is 122 Å². The monoisotopic (exact) mass is 1130 g/mol. The van der Waals surface area contributed by atoms with E-state index < -0.39 is 26.6 Å². The Bertz CT molecular complexity index is 1860. The number of amides is 1. The van der Waals surface area contributed by atoms with Crippen molar-refractivity contribution in [1.29, 1.82) is 0 Å². The van der Waals surface area contributed by atoms with Gasteiger partial charge in [-0.1, -0.05) is 262 Å². The van der Waals surface area contributed by atoms with Gasteiger partial charge in [-0.2, -0.15) is 0 Å². The topological polar surface area (TPSA) is 108 Å². The van der Waals surface area contributed by atoms with Crippen molar-refractivity contribution in [2.24, 2.45) is 0 Å². The van der Waals surface area contributed by atoms with Crippen LogP contribution >= 0.6 is 7.82 Å². The number of rotatable bonds is 56. The smallest absolute Gasteiger partial charge is 0.268 e. The zero-order valence-electron chi connectivity index (χ0n) is 51.7. The molecule has 80 heavy (non-hydrogen) atoms. The molecule has 0 radical (unpaired) electrons. The summed E-state index contributed by atoms with van der Waals surface area (Å²) in [6.45, 7) is 4.48. The Kier molecular flexibility index (Phi) is 56.8. The summed E-state index contributed by atoms with van der Waals surface area (Å²) in [5.74, 6) is -0.226. The van der Waals surface area contributed by atoms with E-state index in [9.17, 15) is 19.4 Å². The molecular formula is C71H119N2O6P. The highest BCUT2D eigenvalue weighted by Crippen LogP contribution is 2.38. The second-order valence-electron chi connectivity index (χ2n) is 22.0. The number of quaternary nitrogens is 1. The molecule has 8 nitrogen and oxygen atoms in total. The van der Waals surface area contributed by atoms with Gasteiger partial charge in [-0.3, -0.25) is 9.36 Å². The Hall–Kier alpha value is -3.88. The van der Waals surface area contributed by atoms with E-state index in [1.54, 1.807) is 6.08 Å². The molecule has 0 aliphatic rings. The molecule has 0 spiro atoms. The van der Waals surface area contributed by atoms with Gasteiger partial charge in [-0.25, -0.2) is 0 Å². The Morgan fingerprint density at radius 2 is 0.775 bits per heavy atom. The molecular weight excluding hydrogens is 1010 g/mol. The average molecular weight is 1130 g/mol. The number of allylic oxidation sites excluding steroid dienone is 25. The maximum absolute atomic E-state index is 13.0. The van der Waals surface area contributed by atoms with Crippen molar-refractivity contribution in [3.05, 3.63) is 158 Å². The van der Waals surface area contributed by atoms with Crippen molar-refractivity contribution >= 4 is 13.7 Å². The van der Waals surface area contributed by atoms with E-state index >= 15 is 0 Å². The maximum atomic E-state index is 13.0. The van der Waals surface area contributed by atoms with Crippen LogP contribution in [0.1, 0.15) is 232 Å². The Labute approximate surface area is 492 Å². The second-order valence-corrected chi connectivity index (χ2v) is 23.4. The van der Waals surface area contributed by atoms with Crippen LogP contribution in [0.25, 0.3) is 0 Å². The molecule has 0 rings (SSSR count). The van der Waals surface area contributed by atoms with Gasteiger partial charge in [-0.15, -0.1) is 0 Å². The Balaban J connectivity index is 4.22. The van der Waals surface area contributed by atoms with E-state index in [0.29, 0.717) is 17.4 Å². The van der Waals surface area contributed by atoms with Gasteiger partial charge in [0.05, 0.1) is 39.9 Å². The van der Waals surface area contributed by atoms with Crippen LogP contribution in [-0.4, -0.2) is 68.5 Å². The van der Waals surface area contributed by atoms with Gasteiger partial charge in [0, 0.05) is 6.42 Å². The number of aliphatic hydroxyl groups excluding tert-OH is 1. The third kappa shape index (κ3) is 61.7. The quantitative estimate of drug-likeness (QED) is 0.0272. The highest BCUT2D eigenvalue weighted by Gasteiger charge is 2.23. The maximum Gasteiger partial charge on any atom is 0.268 e. The van der Waals surface area contributed by atoms with E-state index in [-0.39, 0.29) is 12.5 Å². The molecule has 3 atom stereocenters. The van der Waals surface area contributed by atoms with Gasteiger partial charge in [0.1, 0.15) is 13.2 Å². The fourth-order valence-electron chi connectivity index (χ4n) is 8.27. The van der Waals surface area contributed by atoms with Crippen LogP contribution in [0.2, 0.25) is 0 Å². The first-order valence-corrected chi connectivity index (χ1v) is 33.3. The third-order valence-corrected chi connectivity index (χ3v) is 14.2. The minimum atomic E-state index is -4.62. The van der Waals surface area contributed by atoms with Crippen molar-refractivity contribution in [3.63, 3.8) is 0 Å². The number of nitrogens with zero attached hydrogens (tertiary/aromatic N) is 1. The molecule has 0 fully saturated rings. The molecule has 0 aliphatic carbocycles. The summed E-state index contributed by atoms with van der Waals surface area (Å²) >= 11 is 0. The number of unbranched alkanes of at least 4 members (excludes halogenated alkanes) is 19. The molecule has 0 aromatic rings. The minimum absolute atomic E-state index is 0.0188. The van der Waals surface area contributed by atoms with E-state index in [1.165, 1.54) is 89.9 Å². The standard InChI is InChI=1S/C71H119N2O6P/c1-6-8-10-12-14-16-18-20-22-24-26-27-28-29-30-31-32-33-34-35-36-37-38-39-40-41-42-43-44-45-47-49-51-53-55-57-59-61-63-65-71(75)72-69(68-79-80(76,77)78-67-66-73(3,4)5)70(74)64-62-60-58-56-54-52-50-48-46-25-23-21-19-17-15-13-11-9-7-2/h8,10,14,16,20,22,26-27,29-30,32-33,35-36,38-39,41-42,44-46,48,54,56,62,64,69-70,74H,6-7,9,11-13,15,17-19,21,23-25,28,31,34,37,40,43,47,49-53,55,57-61,63,65-68H2,1-5H3,(H-,72,75,76,77)/b10-8-,16-14-,22-20-,27-26-,30-29-,33-32-,36-35-,39-38-,42-41-,45-44-,48-46+,56-54+,64-62+. The third-order valence-electron chi connectivity index (χ3n) is 13.2. The number of phosphoric ester groups is 1. The van der Waals surface area contributed by atoms with E-state index in [2.05, 4.69) is 165 Å². The normalized spacial score (nSPS) is 14.8. The number of carbonyl (C=O) groups is 1. The lowest BCUT2D eigenvalue weighted by molar-refractivity contribution is -0.870. The summed E-state index contributed by atoms with van der Waals surface area (Å²) in [4.78, 5) is 25.5. The summed E-state index contributed by atoms with van der Waals surface area (Å²) in [6.07, 6.45) is 93.4. The number of nitrogens with one attached hydrogen (secondary N) is 1. The fraction of sp³-hybridized carbons (Fsp3) is 0.620. The predicted octanol–water partition coefficient (Wildman–Crippen LogP) is 19.6. The summed E-state index contributed by atoms with van der Waals surface area (Å²) in [5.41, 5.74) is 0. The Morgan fingerprint density at radius 3 is 1.16 bits per heavy atom. The number of hydrogen-bond acceptors (Lipinski definition) is 6. The van der Waals surface area contributed by atoms with Gasteiger partial charge < -0.3 is 28.8 Å². The van der Waals surface area contributed by atoms with Crippen molar-refractivity contribution in [2.45, 2.75) is 244 Å². The first-order valence-electron chi connectivity index (χ1n) is 31.8. The lowest BCUT2D eigenvalue weighted by Gasteiger charge is -2.29. The first kappa shape index (κ1) is 76.1. The molecule has 454 valence electrons. The highest BCUT2D eigenvalue weighted by molar-refractivity contribution is 7.45. The van der Waals surface area contributed by atoms with Crippen molar-refractivity contribution in [1.82, 2.24) is 5.32 Å². The molecule has 0 saturated heterocycles. The number of likely N-dealkylation sites (N-methyl/N-ethyl adjacent to an activating group) is 1. The van der Waals surface area contributed by atoms with Crippen molar-refractivity contribution in [2.75, 3.05) is 40.9 Å². The molecule has 3 unspecified atom stereocenters. The Morgan fingerprint density at radius 1 is 0.450 bits per heavy atom. The molecule has 0 saturated carbocycles. The lowest BCUT2D eigenvalue weighted by atomic mass is 10.1. The minimum Gasteiger partial charge on any atom is -0.756 e. The first-order chi connectivity index (χ1) is 39.0. The van der Waals surface area contributed by atoms with Gasteiger partial charge >= 0.3 is 0 Å². The zero-order chi connectivity index (χ0) is 58.4.